The maximum Gasteiger partial charge on any atom is 0.272 e. The third kappa shape index (κ3) is 3.91. The zero-order chi connectivity index (χ0) is 33.5. The second-order valence-corrected chi connectivity index (χ2v) is 11.4. The molecule has 15 heteroatoms. The maximum absolute atomic E-state index is 13.6. The van der Waals surface area contributed by atoms with E-state index in [1.54, 1.807) is 0 Å². The Kier molecular flexibility index (Phi) is 6.40. The first kappa shape index (κ1) is 29.6. The van der Waals surface area contributed by atoms with Crippen LogP contribution in [0.2, 0.25) is 5.02 Å². The Morgan fingerprint density at radius 1 is 1.02 bits per heavy atom. The van der Waals surface area contributed by atoms with Crippen LogP contribution in [-0.2, 0) is 11.8 Å². The summed E-state index contributed by atoms with van der Waals surface area (Å²) in [6, 6.07) is 5.16. The average molecular weight is 655 g/mol. The number of carbonyl (C=O) groups excluding carboxylic acids is 1. The molecule has 1 aromatic carbocycles. The molecule has 47 heavy (non-hydrogen) atoms. The van der Waals surface area contributed by atoms with Crippen molar-refractivity contribution in [3.05, 3.63) is 136 Å². The van der Waals surface area contributed by atoms with E-state index in [2.05, 4.69) is 20.5 Å². The lowest BCUT2D eigenvalue weighted by molar-refractivity contribution is 0.0955. The molecule has 0 radical (unpaired) electrons. The van der Waals surface area contributed by atoms with Crippen LogP contribution in [0.1, 0.15) is 33.6 Å². The molecule has 4 aliphatic rings. The number of fused-ring (bicyclic) bond motifs is 4. The van der Waals surface area contributed by atoms with E-state index >= 15 is 0 Å². The highest BCUT2D eigenvalue weighted by molar-refractivity contribution is 6.33. The third-order valence-corrected chi connectivity index (χ3v) is 8.96. The summed E-state index contributed by atoms with van der Waals surface area (Å²) in [6.07, 6.45) is 3.80. The fourth-order valence-corrected chi connectivity index (χ4v) is 6.82. The number of aromatic nitrogens is 2. The topological polar surface area (TPSA) is 225 Å². The third-order valence-electron chi connectivity index (χ3n) is 8.66. The molecule has 0 bridgehead atoms. The van der Waals surface area contributed by atoms with E-state index in [-0.39, 0.29) is 45.5 Å². The van der Waals surface area contributed by atoms with Crippen LogP contribution in [0.15, 0.2) is 65.7 Å². The summed E-state index contributed by atoms with van der Waals surface area (Å²) in [7, 11) is 1.11. The molecule has 2 heterocycles. The van der Waals surface area contributed by atoms with Crippen LogP contribution < -0.4 is 47.9 Å². The number of phenolic OH excluding ortho intramolecular Hbond substituents is 1. The van der Waals surface area contributed by atoms with Gasteiger partial charge in [0, 0.05) is 24.0 Å². The van der Waals surface area contributed by atoms with Gasteiger partial charge in [-0.15, -0.1) is 0 Å². The lowest BCUT2D eigenvalue weighted by Crippen LogP contribution is -2.51. The minimum absolute atomic E-state index is 0.106. The number of hydrogen-bond acceptors (Lipinski definition) is 12. The number of aromatic hydroxyl groups is 1. The lowest BCUT2D eigenvalue weighted by atomic mass is 9.78. The number of H-pyrrole nitrogens is 1. The van der Waals surface area contributed by atoms with E-state index in [4.69, 9.17) is 16.3 Å². The van der Waals surface area contributed by atoms with Gasteiger partial charge in [0.1, 0.15) is 22.7 Å². The van der Waals surface area contributed by atoms with Crippen LogP contribution in [0.5, 0.6) is 11.5 Å². The number of aryl methyl sites for hydroxylation is 1. The number of amides is 1. The van der Waals surface area contributed by atoms with Crippen molar-refractivity contribution in [1.82, 2.24) is 15.4 Å². The average Bonchev–Trinajstić information content (AvgIpc) is 3.53. The number of nitrogens with zero attached hydrogens (tertiary/aromatic N) is 2. The van der Waals surface area contributed by atoms with Gasteiger partial charge in [-0.3, -0.25) is 33.8 Å². The molecule has 0 fully saturated rings. The summed E-state index contributed by atoms with van der Waals surface area (Å²) in [5.41, 5.74) is -4.35. The Morgan fingerprint density at radius 3 is 2.40 bits per heavy atom. The number of aliphatic hydroxyl groups excluding tert-OH is 2. The Bertz CT molecular complexity index is 2790. The van der Waals surface area contributed by atoms with Gasteiger partial charge in [-0.1, -0.05) is 17.7 Å². The first-order valence-corrected chi connectivity index (χ1v) is 14.2. The Balaban J connectivity index is 1.40. The summed E-state index contributed by atoms with van der Waals surface area (Å²) in [4.78, 5) is 84.9. The van der Waals surface area contributed by atoms with E-state index in [1.807, 2.05) is 0 Å². The minimum atomic E-state index is -2.02. The predicted molar refractivity (Wildman–Crippen MR) is 168 cm³/mol. The fraction of sp³-hybridized carbons (Fsp3) is 0.125. The van der Waals surface area contributed by atoms with Gasteiger partial charge in [0.25, 0.3) is 11.5 Å². The molecule has 5 N–H and O–H groups in total. The summed E-state index contributed by atoms with van der Waals surface area (Å²) in [6.45, 7) is 0. The fourth-order valence-electron chi connectivity index (χ4n) is 6.62. The molecule has 0 saturated heterocycles. The van der Waals surface area contributed by atoms with Crippen LogP contribution >= 0.6 is 11.6 Å². The summed E-state index contributed by atoms with van der Waals surface area (Å²) >= 11 is 5.97. The summed E-state index contributed by atoms with van der Waals surface area (Å²) in [5.74, 6) is -3.34. The molecule has 4 aliphatic carbocycles. The van der Waals surface area contributed by atoms with Crippen molar-refractivity contribution in [2.45, 2.75) is 18.3 Å². The van der Waals surface area contributed by atoms with Crippen LogP contribution in [-0.4, -0.2) is 44.5 Å². The van der Waals surface area contributed by atoms with Crippen LogP contribution in [0, 0.1) is 10.4 Å². The van der Waals surface area contributed by atoms with E-state index < -0.39 is 82.5 Å². The number of phenols is 1. The zero-order valence-electron chi connectivity index (χ0n) is 23.9. The SMILES string of the molecule is COc1cc(=O)c2c(=O)c3c(c(=O)c=2c1=O)=C(O)[C@]1(CCc2cc4cc(/C=N/NC(=O)c5ccncc5Cl)[nH]c(=O)c4c(O)c21)C=3O. The van der Waals surface area contributed by atoms with Gasteiger partial charge in [-0.2, -0.15) is 5.10 Å². The van der Waals surface area contributed by atoms with Crippen molar-refractivity contribution in [3.63, 3.8) is 0 Å². The number of rotatable bonds is 4. The van der Waals surface area contributed by atoms with Crippen molar-refractivity contribution >= 4 is 46.0 Å². The highest BCUT2D eigenvalue weighted by Crippen LogP contribution is 2.54. The van der Waals surface area contributed by atoms with Gasteiger partial charge < -0.3 is 25.0 Å². The molecular weight excluding hydrogens is 636 g/mol. The smallest absolute Gasteiger partial charge is 0.272 e. The van der Waals surface area contributed by atoms with E-state index in [0.717, 1.165) is 19.4 Å². The number of benzene rings is 1. The van der Waals surface area contributed by atoms with Gasteiger partial charge in [0.15, 0.2) is 11.2 Å². The van der Waals surface area contributed by atoms with Gasteiger partial charge in [-0.25, -0.2) is 5.43 Å². The first-order valence-electron chi connectivity index (χ1n) is 13.8. The van der Waals surface area contributed by atoms with Crippen molar-refractivity contribution in [2.75, 3.05) is 7.11 Å². The number of methoxy groups -OCH3 is 1. The molecule has 0 saturated carbocycles. The van der Waals surface area contributed by atoms with Crippen molar-refractivity contribution < 1.29 is 24.9 Å². The standard InChI is InChI=1S/C32H19ClN4O10/c1-47-17-8-16(38)19-20(24(17)39)26(41)22-21(25(19)40)28(43)32(29(22)44)4-2-11-6-12-7-13(36-31(46)18(12)27(42)23(11)32)9-35-37-30(45)14-3-5-34-10-15(14)33/h3,5-10,42-44H,2,4H2,1H3,(H,36,46)(H,37,45)/b35-9+/t32-/m0/s1. The molecule has 0 unspecified atom stereocenters. The van der Waals surface area contributed by atoms with E-state index in [0.29, 0.717) is 5.56 Å². The largest absolute Gasteiger partial charge is 0.510 e. The molecule has 1 amide bonds. The highest BCUT2D eigenvalue weighted by Gasteiger charge is 2.53. The number of hydrazone groups is 1. The minimum Gasteiger partial charge on any atom is -0.510 e. The second kappa shape index (κ2) is 10.2. The molecule has 1 spiro atoms. The Hall–Kier alpha value is -6.15. The quantitative estimate of drug-likeness (QED) is 0.121. The normalized spacial score (nSPS) is 16.8. The maximum atomic E-state index is 13.6. The summed E-state index contributed by atoms with van der Waals surface area (Å²) in [5, 5.41) is 35.7. The molecule has 14 nitrogen and oxygen atoms in total. The van der Waals surface area contributed by atoms with Gasteiger partial charge in [-0.05, 0) is 35.9 Å². The van der Waals surface area contributed by atoms with Gasteiger partial charge in [0.2, 0.25) is 16.3 Å². The molecule has 1 atom stereocenters. The zero-order valence-corrected chi connectivity index (χ0v) is 24.7. The monoisotopic (exact) mass is 654 g/mol. The molecular formula is C32H19ClN4O10. The number of ether oxygens (including phenoxy) is 1. The van der Waals surface area contributed by atoms with Crippen molar-refractivity contribution in [2.24, 2.45) is 5.10 Å². The number of hydrogen-bond donors (Lipinski definition) is 5. The number of pyridine rings is 2. The van der Waals surface area contributed by atoms with E-state index in [1.165, 1.54) is 30.6 Å². The number of aliphatic hydroxyl groups is 2. The Morgan fingerprint density at radius 2 is 1.72 bits per heavy atom. The van der Waals surface area contributed by atoms with Crippen LogP contribution in [0.3, 0.4) is 0 Å². The number of carbonyl (C=O) groups is 1. The molecule has 0 aliphatic heterocycles. The summed E-state index contributed by atoms with van der Waals surface area (Å²) < 4.78 is 4.89. The van der Waals surface area contributed by atoms with Gasteiger partial charge >= 0.3 is 0 Å². The molecule has 3 aromatic rings. The van der Waals surface area contributed by atoms with Gasteiger partial charge in [0.05, 0.1) is 55.9 Å². The molecule has 234 valence electrons. The predicted octanol–water partition coefficient (Wildman–Crippen LogP) is -0.674. The molecule has 7 rings (SSSR count). The Labute approximate surface area is 264 Å². The lowest BCUT2D eigenvalue weighted by Gasteiger charge is -2.27. The van der Waals surface area contributed by atoms with Crippen molar-refractivity contribution in [1.29, 1.82) is 0 Å². The number of halogens is 1. The van der Waals surface area contributed by atoms with E-state index in [9.17, 15) is 44.1 Å². The first-order chi connectivity index (χ1) is 22.4. The van der Waals surface area contributed by atoms with Crippen molar-refractivity contribution in [3.8, 4) is 11.5 Å². The molecule has 2 aromatic heterocycles. The highest BCUT2D eigenvalue weighted by atomic mass is 35.5. The number of aromatic amines is 1. The van der Waals surface area contributed by atoms with Crippen LogP contribution in [0.25, 0.3) is 22.3 Å². The van der Waals surface area contributed by atoms with Crippen LogP contribution in [0.4, 0.5) is 0 Å². The number of nitrogens with one attached hydrogen (secondary N) is 2. The second-order valence-electron chi connectivity index (χ2n) is 11.0.